The van der Waals surface area contributed by atoms with Crippen molar-refractivity contribution < 1.29 is 4.79 Å². The predicted molar refractivity (Wildman–Crippen MR) is 85.9 cm³/mol. The molecule has 1 N–H and O–H groups in total. The van der Waals surface area contributed by atoms with Crippen LogP contribution in [0.2, 0.25) is 10.0 Å². The van der Waals surface area contributed by atoms with Crippen molar-refractivity contribution in [3.05, 3.63) is 68.2 Å². The number of ketones is 1. The first-order valence-corrected chi connectivity index (χ1v) is 7.37. The summed E-state index contributed by atoms with van der Waals surface area (Å²) in [6.45, 7) is 0. The molecule has 20 heavy (non-hydrogen) atoms. The van der Waals surface area contributed by atoms with Gasteiger partial charge in [0, 0.05) is 32.7 Å². The van der Waals surface area contributed by atoms with Gasteiger partial charge in [-0.05, 0) is 36.4 Å². The van der Waals surface area contributed by atoms with Gasteiger partial charge in [-0.15, -0.1) is 0 Å². The molecule has 0 saturated heterocycles. The van der Waals surface area contributed by atoms with Gasteiger partial charge in [0.15, 0.2) is 5.78 Å². The van der Waals surface area contributed by atoms with Gasteiger partial charge in [0.2, 0.25) is 0 Å². The van der Waals surface area contributed by atoms with Gasteiger partial charge in [0.1, 0.15) is 0 Å². The minimum atomic E-state index is -0.0899. The molecule has 0 spiro atoms. The Morgan fingerprint density at radius 2 is 1.85 bits per heavy atom. The number of hydrogen-bond acceptors (Lipinski definition) is 1. The lowest BCUT2D eigenvalue weighted by Gasteiger charge is -2.02. The molecule has 0 bridgehead atoms. The number of benzene rings is 2. The average Bonchev–Trinajstić information content (AvgIpc) is 2.84. The molecule has 2 aromatic carbocycles. The van der Waals surface area contributed by atoms with Crippen molar-refractivity contribution in [2.45, 2.75) is 0 Å². The van der Waals surface area contributed by atoms with Crippen LogP contribution in [-0.2, 0) is 0 Å². The molecule has 0 unspecified atom stereocenters. The van der Waals surface area contributed by atoms with E-state index in [0.29, 0.717) is 21.2 Å². The Balaban J connectivity index is 2.12. The van der Waals surface area contributed by atoms with Crippen molar-refractivity contribution in [2.24, 2.45) is 0 Å². The molecule has 0 amide bonds. The zero-order valence-electron chi connectivity index (χ0n) is 10.1. The lowest BCUT2D eigenvalue weighted by molar-refractivity contribution is 0.104. The number of carbonyl (C=O) groups is 1. The quantitative estimate of drug-likeness (QED) is 0.598. The van der Waals surface area contributed by atoms with Crippen LogP contribution in [0.25, 0.3) is 10.9 Å². The summed E-state index contributed by atoms with van der Waals surface area (Å²) in [5, 5.41) is 1.68. The second-order valence-electron chi connectivity index (χ2n) is 4.35. The third kappa shape index (κ3) is 2.37. The summed E-state index contributed by atoms with van der Waals surface area (Å²) >= 11 is 15.2. The fourth-order valence-electron chi connectivity index (χ4n) is 2.07. The van der Waals surface area contributed by atoms with E-state index in [9.17, 15) is 4.79 Å². The van der Waals surface area contributed by atoms with E-state index in [2.05, 4.69) is 20.9 Å². The largest absolute Gasteiger partial charge is 0.360 e. The van der Waals surface area contributed by atoms with E-state index in [4.69, 9.17) is 23.2 Å². The van der Waals surface area contributed by atoms with E-state index in [-0.39, 0.29) is 5.78 Å². The predicted octanol–water partition coefficient (Wildman–Crippen LogP) is 5.47. The first kappa shape index (κ1) is 13.7. The van der Waals surface area contributed by atoms with Gasteiger partial charge in [-0.2, -0.15) is 0 Å². The number of fused-ring (bicyclic) bond motifs is 1. The molecule has 5 heteroatoms. The normalized spacial score (nSPS) is 10.9. The Bertz CT molecular complexity index is 826. The van der Waals surface area contributed by atoms with E-state index < -0.39 is 0 Å². The van der Waals surface area contributed by atoms with Gasteiger partial charge >= 0.3 is 0 Å². The van der Waals surface area contributed by atoms with Gasteiger partial charge in [0.05, 0.1) is 10.0 Å². The summed E-state index contributed by atoms with van der Waals surface area (Å²) in [6, 6.07) is 10.6. The van der Waals surface area contributed by atoms with E-state index in [1.807, 2.05) is 18.2 Å². The van der Waals surface area contributed by atoms with Gasteiger partial charge in [-0.25, -0.2) is 0 Å². The highest BCUT2D eigenvalue weighted by Crippen LogP contribution is 2.27. The van der Waals surface area contributed by atoms with Crippen molar-refractivity contribution in [3.63, 3.8) is 0 Å². The molecule has 0 aliphatic carbocycles. The van der Waals surface area contributed by atoms with Crippen LogP contribution in [0.15, 0.2) is 47.1 Å². The summed E-state index contributed by atoms with van der Waals surface area (Å²) < 4.78 is 0.924. The summed E-state index contributed by atoms with van der Waals surface area (Å²) in [6.07, 6.45) is 1.71. The fourth-order valence-corrected chi connectivity index (χ4v) is 2.73. The Hall–Kier alpha value is -1.29. The first-order chi connectivity index (χ1) is 9.56. The Morgan fingerprint density at radius 1 is 1.05 bits per heavy atom. The average molecular weight is 369 g/mol. The van der Waals surface area contributed by atoms with Crippen LogP contribution in [0.4, 0.5) is 0 Å². The number of aromatic amines is 1. The molecule has 3 aromatic rings. The SMILES string of the molecule is O=C(c1ccc(Cl)c(Cl)c1)c1c[nH]c2ccc(Br)cc12. The fraction of sp³-hybridized carbons (Fsp3) is 0. The van der Waals surface area contributed by atoms with Crippen LogP contribution >= 0.6 is 39.1 Å². The molecule has 2 nitrogen and oxygen atoms in total. The summed E-state index contributed by atoms with van der Waals surface area (Å²) in [4.78, 5) is 15.7. The standard InChI is InChI=1S/C15H8BrCl2NO/c16-9-2-4-14-10(6-9)11(7-19-14)15(20)8-1-3-12(17)13(18)5-8/h1-7,19H. The lowest BCUT2D eigenvalue weighted by Crippen LogP contribution is -2.00. The molecule has 1 heterocycles. The summed E-state index contributed by atoms with van der Waals surface area (Å²) in [7, 11) is 0. The second kappa shape index (κ2) is 5.24. The highest BCUT2D eigenvalue weighted by Gasteiger charge is 2.15. The molecule has 3 rings (SSSR count). The summed E-state index contributed by atoms with van der Waals surface area (Å²) in [5.41, 5.74) is 2.04. The number of aromatic nitrogens is 1. The monoisotopic (exact) mass is 367 g/mol. The van der Waals surface area contributed by atoms with Crippen LogP contribution in [-0.4, -0.2) is 10.8 Å². The zero-order chi connectivity index (χ0) is 14.3. The number of rotatable bonds is 2. The second-order valence-corrected chi connectivity index (χ2v) is 6.08. The van der Waals surface area contributed by atoms with Gasteiger partial charge < -0.3 is 4.98 Å². The molecular formula is C15H8BrCl2NO. The van der Waals surface area contributed by atoms with E-state index >= 15 is 0 Å². The van der Waals surface area contributed by atoms with E-state index in [1.165, 1.54) is 0 Å². The van der Waals surface area contributed by atoms with Crippen molar-refractivity contribution in [1.82, 2.24) is 4.98 Å². The van der Waals surface area contributed by atoms with Gasteiger partial charge in [-0.1, -0.05) is 39.1 Å². The molecule has 0 atom stereocenters. The smallest absolute Gasteiger partial charge is 0.195 e. The van der Waals surface area contributed by atoms with Gasteiger partial charge in [-0.3, -0.25) is 4.79 Å². The Labute approximate surface area is 133 Å². The van der Waals surface area contributed by atoms with E-state index in [1.54, 1.807) is 24.4 Å². The molecule has 100 valence electrons. The topological polar surface area (TPSA) is 32.9 Å². The molecule has 0 saturated carbocycles. The van der Waals surface area contributed by atoms with Crippen LogP contribution in [0.3, 0.4) is 0 Å². The molecule has 0 radical (unpaired) electrons. The zero-order valence-corrected chi connectivity index (χ0v) is 13.2. The van der Waals surface area contributed by atoms with Crippen LogP contribution in [0, 0.1) is 0 Å². The van der Waals surface area contributed by atoms with Crippen molar-refractivity contribution >= 4 is 55.8 Å². The first-order valence-electron chi connectivity index (χ1n) is 5.82. The lowest BCUT2D eigenvalue weighted by atomic mass is 10.0. The minimum absolute atomic E-state index is 0.0899. The van der Waals surface area contributed by atoms with Gasteiger partial charge in [0.25, 0.3) is 0 Å². The van der Waals surface area contributed by atoms with E-state index in [0.717, 1.165) is 15.4 Å². The molecule has 0 aliphatic heterocycles. The molecule has 0 fully saturated rings. The molecular weight excluding hydrogens is 361 g/mol. The minimum Gasteiger partial charge on any atom is -0.360 e. The maximum absolute atomic E-state index is 12.6. The van der Waals surface area contributed by atoms with Crippen molar-refractivity contribution in [1.29, 1.82) is 0 Å². The van der Waals surface area contributed by atoms with Crippen molar-refractivity contribution in [3.8, 4) is 0 Å². The number of hydrogen-bond donors (Lipinski definition) is 1. The van der Waals surface area contributed by atoms with Crippen LogP contribution < -0.4 is 0 Å². The number of nitrogens with one attached hydrogen (secondary N) is 1. The van der Waals surface area contributed by atoms with Crippen molar-refractivity contribution in [2.75, 3.05) is 0 Å². The number of carbonyl (C=O) groups excluding carboxylic acids is 1. The Kier molecular flexibility index (Phi) is 3.59. The highest BCUT2D eigenvalue weighted by atomic mass is 79.9. The maximum atomic E-state index is 12.6. The summed E-state index contributed by atoms with van der Waals surface area (Å²) in [5.74, 6) is -0.0899. The van der Waals surface area contributed by atoms with Crippen LogP contribution in [0.1, 0.15) is 15.9 Å². The maximum Gasteiger partial charge on any atom is 0.195 e. The Morgan fingerprint density at radius 3 is 2.60 bits per heavy atom. The number of halogens is 3. The number of H-pyrrole nitrogens is 1. The highest BCUT2D eigenvalue weighted by molar-refractivity contribution is 9.10. The third-order valence-corrected chi connectivity index (χ3v) is 4.30. The van der Waals surface area contributed by atoms with Crippen LogP contribution in [0.5, 0.6) is 0 Å². The third-order valence-electron chi connectivity index (χ3n) is 3.07. The molecule has 1 aromatic heterocycles. The molecule has 0 aliphatic rings.